The number of nitrogens with zero attached hydrogens (tertiary/aromatic N) is 1. The van der Waals surface area contributed by atoms with Gasteiger partial charge in [0, 0.05) is 12.1 Å². The van der Waals surface area contributed by atoms with Crippen LogP contribution in [0.5, 0.6) is 17.2 Å². The molecule has 0 spiro atoms. The summed E-state index contributed by atoms with van der Waals surface area (Å²) in [5.74, 6) is 1.62. The maximum atomic E-state index is 11.5. The van der Waals surface area contributed by atoms with E-state index in [1.54, 1.807) is 13.2 Å². The zero-order chi connectivity index (χ0) is 18.8. The molecule has 2 rings (SSSR count). The predicted octanol–water partition coefficient (Wildman–Crippen LogP) is 2.99. The number of methoxy groups -OCH3 is 1. The zero-order valence-corrected chi connectivity index (χ0v) is 15.0. The Morgan fingerprint density at radius 3 is 2.54 bits per heavy atom. The van der Waals surface area contributed by atoms with E-state index in [0.29, 0.717) is 24.7 Å². The first-order valence-corrected chi connectivity index (χ1v) is 8.26. The van der Waals surface area contributed by atoms with Crippen LogP contribution in [0.15, 0.2) is 42.5 Å². The van der Waals surface area contributed by atoms with Crippen molar-refractivity contribution in [2.45, 2.75) is 19.9 Å². The summed E-state index contributed by atoms with van der Waals surface area (Å²) >= 11 is 0. The quantitative estimate of drug-likeness (QED) is 0.700. The number of hydrogen-bond acceptors (Lipinski definition) is 5. The van der Waals surface area contributed by atoms with Gasteiger partial charge in [-0.25, -0.2) is 0 Å². The van der Waals surface area contributed by atoms with E-state index < -0.39 is 0 Å². The number of hydrogen-bond donors (Lipinski definition) is 1. The highest BCUT2D eigenvalue weighted by atomic mass is 16.5. The van der Waals surface area contributed by atoms with Crippen molar-refractivity contribution in [3.63, 3.8) is 0 Å². The Balaban J connectivity index is 1.97. The van der Waals surface area contributed by atoms with Crippen LogP contribution >= 0.6 is 0 Å². The van der Waals surface area contributed by atoms with Crippen molar-refractivity contribution in [1.29, 1.82) is 5.26 Å². The van der Waals surface area contributed by atoms with E-state index >= 15 is 0 Å². The first kappa shape index (κ1) is 19.1. The van der Waals surface area contributed by atoms with Gasteiger partial charge in [-0.05, 0) is 24.6 Å². The van der Waals surface area contributed by atoms with E-state index in [1.807, 2.05) is 49.4 Å². The minimum atomic E-state index is -0.329. The molecule has 1 amide bonds. The predicted molar refractivity (Wildman–Crippen MR) is 97.2 cm³/mol. The fourth-order valence-electron chi connectivity index (χ4n) is 2.37. The van der Waals surface area contributed by atoms with Gasteiger partial charge in [-0.3, -0.25) is 4.79 Å². The molecule has 0 fully saturated rings. The third-order valence-corrected chi connectivity index (χ3v) is 3.68. The number of carbonyl (C=O) groups is 1. The summed E-state index contributed by atoms with van der Waals surface area (Å²) in [5.41, 5.74) is 1.83. The molecule has 0 saturated carbocycles. The highest BCUT2D eigenvalue weighted by Gasteiger charge is 2.12. The molecule has 0 saturated heterocycles. The summed E-state index contributed by atoms with van der Waals surface area (Å²) in [5, 5.41) is 11.2. The van der Waals surface area contributed by atoms with Crippen molar-refractivity contribution in [2.75, 3.05) is 20.3 Å². The molecule has 6 heteroatoms. The van der Waals surface area contributed by atoms with Gasteiger partial charge in [-0.2, -0.15) is 5.26 Å². The highest BCUT2D eigenvalue weighted by molar-refractivity contribution is 5.78. The number of nitriles is 1. The summed E-state index contributed by atoms with van der Waals surface area (Å²) in [6.07, 6.45) is -0.176. The minimum Gasteiger partial charge on any atom is -0.493 e. The zero-order valence-electron chi connectivity index (χ0n) is 15.0. The lowest BCUT2D eigenvalue weighted by Gasteiger charge is -2.16. The van der Waals surface area contributed by atoms with Gasteiger partial charge in [-0.1, -0.05) is 30.3 Å². The molecule has 26 heavy (non-hydrogen) atoms. The third-order valence-electron chi connectivity index (χ3n) is 3.68. The molecular weight excluding hydrogens is 332 g/mol. The summed E-state index contributed by atoms with van der Waals surface area (Å²) in [6, 6.07) is 15.0. The molecule has 6 nitrogen and oxygen atoms in total. The van der Waals surface area contributed by atoms with Crippen molar-refractivity contribution < 1.29 is 19.0 Å². The van der Waals surface area contributed by atoms with E-state index in [1.165, 1.54) is 0 Å². The number of aryl methyl sites for hydroxylation is 1. The van der Waals surface area contributed by atoms with Crippen LogP contribution in [0.3, 0.4) is 0 Å². The van der Waals surface area contributed by atoms with E-state index in [4.69, 9.17) is 19.5 Å². The van der Waals surface area contributed by atoms with Gasteiger partial charge in [0.05, 0.1) is 13.2 Å². The molecule has 0 aromatic heterocycles. The Morgan fingerprint density at radius 1 is 1.08 bits per heavy atom. The van der Waals surface area contributed by atoms with Gasteiger partial charge in [0.25, 0.3) is 0 Å². The number of ether oxygens (including phenoxy) is 3. The molecule has 0 aliphatic heterocycles. The van der Waals surface area contributed by atoms with Crippen LogP contribution in [-0.4, -0.2) is 26.2 Å². The lowest BCUT2D eigenvalue weighted by molar-refractivity contribution is -0.120. The van der Waals surface area contributed by atoms with E-state index in [-0.39, 0.29) is 18.9 Å². The van der Waals surface area contributed by atoms with Crippen LogP contribution in [-0.2, 0) is 11.3 Å². The lowest BCUT2D eigenvalue weighted by Crippen LogP contribution is -2.22. The second-order valence-electron chi connectivity index (χ2n) is 5.52. The van der Waals surface area contributed by atoms with Crippen LogP contribution in [0, 0.1) is 18.3 Å². The molecule has 0 aliphatic carbocycles. The second-order valence-corrected chi connectivity index (χ2v) is 5.52. The van der Waals surface area contributed by atoms with Crippen LogP contribution in [0.4, 0.5) is 0 Å². The molecule has 0 unspecified atom stereocenters. The topological polar surface area (TPSA) is 80.6 Å². The maximum absolute atomic E-state index is 11.5. The monoisotopic (exact) mass is 354 g/mol. The van der Waals surface area contributed by atoms with Gasteiger partial charge in [0.1, 0.15) is 25.4 Å². The largest absolute Gasteiger partial charge is 0.493 e. The second kappa shape index (κ2) is 9.94. The van der Waals surface area contributed by atoms with Gasteiger partial charge < -0.3 is 19.5 Å². The van der Waals surface area contributed by atoms with E-state index in [2.05, 4.69) is 5.32 Å². The number of nitrogens with one attached hydrogen (secondary N) is 1. The first-order chi connectivity index (χ1) is 12.7. The number of carbonyl (C=O) groups excluding carboxylic acids is 1. The van der Waals surface area contributed by atoms with Gasteiger partial charge in [-0.15, -0.1) is 0 Å². The van der Waals surface area contributed by atoms with Crippen LogP contribution < -0.4 is 19.5 Å². The third kappa shape index (κ3) is 5.42. The average Bonchev–Trinajstić information content (AvgIpc) is 2.65. The Labute approximate surface area is 153 Å². The van der Waals surface area contributed by atoms with Gasteiger partial charge in [0.2, 0.25) is 5.91 Å². The van der Waals surface area contributed by atoms with Gasteiger partial charge in [0.15, 0.2) is 11.5 Å². The van der Waals surface area contributed by atoms with Crippen LogP contribution in [0.25, 0.3) is 0 Å². The summed E-state index contributed by atoms with van der Waals surface area (Å²) in [4.78, 5) is 11.5. The average molecular weight is 354 g/mol. The Hall–Kier alpha value is -3.20. The van der Waals surface area contributed by atoms with E-state index in [9.17, 15) is 4.79 Å². The summed E-state index contributed by atoms with van der Waals surface area (Å²) in [6.45, 7) is 2.95. The Kier molecular flexibility index (Phi) is 7.31. The molecule has 0 aliphatic rings. The molecule has 136 valence electrons. The molecule has 1 N–H and O–H groups in total. The fourth-order valence-corrected chi connectivity index (χ4v) is 2.37. The number of para-hydroxylation sites is 2. The maximum Gasteiger partial charge on any atom is 0.234 e. The Bertz CT molecular complexity index is 784. The van der Waals surface area contributed by atoms with Crippen molar-refractivity contribution in [3.8, 4) is 23.3 Å². The van der Waals surface area contributed by atoms with Crippen molar-refractivity contribution in [1.82, 2.24) is 5.32 Å². The molecule has 0 heterocycles. The minimum absolute atomic E-state index is 0.176. The SMILES string of the molecule is COc1cccc(CNC(=O)CC#N)c1OCCOc1ccccc1C. The van der Waals surface area contributed by atoms with Crippen molar-refractivity contribution in [2.24, 2.45) is 0 Å². The number of rotatable bonds is 9. The van der Waals surface area contributed by atoms with Gasteiger partial charge >= 0.3 is 0 Å². The molecular formula is C20H22N2O4. The number of amides is 1. The molecule has 2 aromatic carbocycles. The molecule has 0 bridgehead atoms. The molecule has 0 atom stereocenters. The van der Waals surface area contributed by atoms with Crippen LogP contribution in [0.2, 0.25) is 0 Å². The Morgan fingerprint density at radius 2 is 1.81 bits per heavy atom. The smallest absolute Gasteiger partial charge is 0.234 e. The normalized spacial score (nSPS) is 9.88. The molecule has 0 radical (unpaired) electrons. The lowest BCUT2D eigenvalue weighted by atomic mass is 10.2. The summed E-state index contributed by atoms with van der Waals surface area (Å²) in [7, 11) is 1.56. The highest BCUT2D eigenvalue weighted by Crippen LogP contribution is 2.31. The van der Waals surface area contributed by atoms with Crippen molar-refractivity contribution in [3.05, 3.63) is 53.6 Å². The molecule has 2 aromatic rings. The van der Waals surface area contributed by atoms with E-state index in [0.717, 1.165) is 16.9 Å². The fraction of sp³-hybridized carbons (Fsp3) is 0.300. The first-order valence-electron chi connectivity index (χ1n) is 8.26. The van der Waals surface area contributed by atoms with Crippen molar-refractivity contribution >= 4 is 5.91 Å². The standard InChI is InChI=1S/C20H22N2O4/c1-15-6-3-4-8-17(15)25-12-13-26-20-16(7-5-9-18(20)24-2)14-22-19(23)10-11-21/h3-9H,10,12-14H2,1-2H3,(H,22,23). The van der Waals surface area contributed by atoms with Crippen LogP contribution in [0.1, 0.15) is 17.5 Å². The summed E-state index contributed by atoms with van der Waals surface area (Å²) < 4.78 is 16.9. The number of benzene rings is 2.